The number of rotatable bonds is 5. The van der Waals surface area contributed by atoms with Crippen molar-refractivity contribution >= 4 is 17.4 Å². The van der Waals surface area contributed by atoms with Crippen molar-refractivity contribution in [2.45, 2.75) is 39.5 Å². The van der Waals surface area contributed by atoms with E-state index in [2.05, 4.69) is 12.0 Å². The highest BCUT2D eigenvalue weighted by molar-refractivity contribution is 6.32. The van der Waals surface area contributed by atoms with Crippen LogP contribution in [0.15, 0.2) is 0 Å². The molecule has 84 valence electrons. The fourth-order valence-corrected chi connectivity index (χ4v) is 1.75. The highest BCUT2D eigenvalue weighted by Crippen LogP contribution is 2.20. The van der Waals surface area contributed by atoms with E-state index in [1.165, 1.54) is 0 Å². The number of nitrogens with zero attached hydrogens (tertiary/aromatic N) is 2. The minimum Gasteiger partial charge on any atom is -0.299 e. The first kappa shape index (κ1) is 12.2. The number of aryl methyl sites for hydroxylation is 2. The molecule has 0 aliphatic heterocycles. The Morgan fingerprint density at radius 3 is 2.67 bits per heavy atom. The molecular formula is C11H17ClN2O. The van der Waals surface area contributed by atoms with Gasteiger partial charge < -0.3 is 0 Å². The number of unbranched alkanes of at least 4 members (excludes halogenated alkanes) is 1. The minimum atomic E-state index is 0.238. The van der Waals surface area contributed by atoms with Gasteiger partial charge in [0, 0.05) is 19.9 Å². The second-order valence-corrected chi connectivity index (χ2v) is 4.17. The summed E-state index contributed by atoms with van der Waals surface area (Å²) in [5.41, 5.74) is 1.62. The predicted molar refractivity (Wildman–Crippen MR) is 61.2 cm³/mol. The van der Waals surface area contributed by atoms with Gasteiger partial charge in [-0.05, 0) is 13.3 Å². The summed E-state index contributed by atoms with van der Waals surface area (Å²) in [4.78, 5) is 11.6. The molecule has 0 amide bonds. The molecule has 0 bridgehead atoms. The topological polar surface area (TPSA) is 34.9 Å². The zero-order chi connectivity index (χ0) is 11.4. The molecule has 0 atom stereocenters. The van der Waals surface area contributed by atoms with Crippen LogP contribution < -0.4 is 0 Å². The molecule has 4 heteroatoms. The van der Waals surface area contributed by atoms with Crippen molar-refractivity contribution in [1.82, 2.24) is 9.78 Å². The summed E-state index contributed by atoms with van der Waals surface area (Å²) in [7, 11) is 1.82. The maximum absolute atomic E-state index is 11.6. The van der Waals surface area contributed by atoms with Gasteiger partial charge in [-0.15, -0.1) is 0 Å². The van der Waals surface area contributed by atoms with Gasteiger partial charge in [0.05, 0.1) is 16.4 Å². The van der Waals surface area contributed by atoms with Crippen LogP contribution in [0.1, 0.15) is 37.6 Å². The third kappa shape index (κ3) is 3.06. The van der Waals surface area contributed by atoms with Crippen molar-refractivity contribution < 1.29 is 4.79 Å². The largest absolute Gasteiger partial charge is 0.299 e. The van der Waals surface area contributed by atoms with E-state index in [1.54, 1.807) is 4.68 Å². The molecule has 3 nitrogen and oxygen atoms in total. The summed E-state index contributed by atoms with van der Waals surface area (Å²) < 4.78 is 1.70. The molecule has 0 unspecified atom stereocenters. The SMILES string of the molecule is CCCCC(=O)Cc1c(Cl)c(C)nn1C. The summed E-state index contributed by atoms with van der Waals surface area (Å²) in [6.07, 6.45) is 3.03. The van der Waals surface area contributed by atoms with E-state index in [-0.39, 0.29) is 5.78 Å². The number of Topliss-reactive ketones (excluding diaryl/α,β-unsaturated/α-hetero) is 1. The number of hydrogen-bond acceptors (Lipinski definition) is 2. The lowest BCUT2D eigenvalue weighted by molar-refractivity contribution is -0.118. The Kier molecular flexibility index (Phi) is 4.33. The Bertz CT molecular complexity index is 358. The number of hydrogen-bond donors (Lipinski definition) is 0. The summed E-state index contributed by atoms with van der Waals surface area (Å²) in [6.45, 7) is 3.93. The van der Waals surface area contributed by atoms with Gasteiger partial charge in [0.2, 0.25) is 0 Å². The average Bonchev–Trinajstić information content (AvgIpc) is 2.42. The van der Waals surface area contributed by atoms with Gasteiger partial charge >= 0.3 is 0 Å². The smallest absolute Gasteiger partial charge is 0.138 e. The highest BCUT2D eigenvalue weighted by atomic mass is 35.5. The molecule has 1 aromatic heterocycles. The van der Waals surface area contributed by atoms with Crippen molar-refractivity contribution in [1.29, 1.82) is 0 Å². The summed E-state index contributed by atoms with van der Waals surface area (Å²) >= 11 is 6.06. The van der Waals surface area contributed by atoms with E-state index in [4.69, 9.17) is 11.6 Å². The van der Waals surface area contributed by atoms with E-state index in [0.29, 0.717) is 17.9 Å². The Hall–Kier alpha value is -0.830. The van der Waals surface area contributed by atoms with Crippen LogP contribution in [0.25, 0.3) is 0 Å². The average molecular weight is 229 g/mol. The molecule has 0 aliphatic rings. The van der Waals surface area contributed by atoms with Crippen LogP contribution in [0.4, 0.5) is 0 Å². The van der Waals surface area contributed by atoms with E-state index in [0.717, 1.165) is 24.2 Å². The summed E-state index contributed by atoms with van der Waals surface area (Å²) in [6, 6.07) is 0. The van der Waals surface area contributed by atoms with E-state index >= 15 is 0 Å². The van der Waals surface area contributed by atoms with Crippen LogP contribution in [0.2, 0.25) is 5.02 Å². The van der Waals surface area contributed by atoms with Crippen LogP contribution in [-0.4, -0.2) is 15.6 Å². The normalized spacial score (nSPS) is 10.7. The molecule has 0 spiro atoms. The molecule has 0 fully saturated rings. The number of carbonyl (C=O) groups is 1. The van der Waals surface area contributed by atoms with E-state index in [9.17, 15) is 4.79 Å². The quantitative estimate of drug-likeness (QED) is 0.777. The second-order valence-electron chi connectivity index (χ2n) is 3.79. The van der Waals surface area contributed by atoms with Gasteiger partial charge in [0.25, 0.3) is 0 Å². The molecule has 0 aromatic carbocycles. The first-order valence-corrected chi connectivity index (χ1v) is 5.63. The second kappa shape index (κ2) is 5.31. The van der Waals surface area contributed by atoms with Crippen molar-refractivity contribution in [2.75, 3.05) is 0 Å². The van der Waals surface area contributed by atoms with Gasteiger partial charge in [-0.1, -0.05) is 24.9 Å². The van der Waals surface area contributed by atoms with Crippen molar-refractivity contribution in [3.05, 3.63) is 16.4 Å². The zero-order valence-corrected chi connectivity index (χ0v) is 10.3. The minimum absolute atomic E-state index is 0.238. The highest BCUT2D eigenvalue weighted by Gasteiger charge is 2.14. The first-order chi connectivity index (χ1) is 7.06. The summed E-state index contributed by atoms with van der Waals surface area (Å²) in [5.74, 6) is 0.238. The maximum Gasteiger partial charge on any atom is 0.138 e. The maximum atomic E-state index is 11.6. The molecule has 1 rings (SSSR count). The molecule has 0 radical (unpaired) electrons. The molecule has 0 aliphatic carbocycles. The first-order valence-electron chi connectivity index (χ1n) is 5.26. The van der Waals surface area contributed by atoms with Crippen LogP contribution in [0.3, 0.4) is 0 Å². The van der Waals surface area contributed by atoms with E-state index < -0.39 is 0 Å². The third-order valence-corrected chi connectivity index (χ3v) is 2.93. The van der Waals surface area contributed by atoms with Crippen LogP contribution in [0, 0.1) is 6.92 Å². The Labute approximate surface area is 95.4 Å². The van der Waals surface area contributed by atoms with E-state index in [1.807, 2.05) is 14.0 Å². The Balaban J connectivity index is 2.68. The Morgan fingerprint density at radius 1 is 1.53 bits per heavy atom. The monoisotopic (exact) mass is 228 g/mol. The van der Waals surface area contributed by atoms with Gasteiger partial charge in [0.15, 0.2) is 0 Å². The number of ketones is 1. The molecule has 15 heavy (non-hydrogen) atoms. The lowest BCUT2D eigenvalue weighted by Crippen LogP contribution is -2.07. The number of aromatic nitrogens is 2. The van der Waals surface area contributed by atoms with Gasteiger partial charge in [-0.2, -0.15) is 5.10 Å². The molecule has 1 aromatic rings. The molecule has 0 N–H and O–H groups in total. The van der Waals surface area contributed by atoms with Gasteiger partial charge in [-0.3, -0.25) is 9.48 Å². The van der Waals surface area contributed by atoms with Gasteiger partial charge in [0.1, 0.15) is 5.78 Å². The Morgan fingerprint density at radius 2 is 2.20 bits per heavy atom. The zero-order valence-electron chi connectivity index (χ0n) is 9.51. The number of carbonyl (C=O) groups excluding carboxylic acids is 1. The van der Waals surface area contributed by atoms with Crippen LogP contribution in [-0.2, 0) is 18.3 Å². The lowest BCUT2D eigenvalue weighted by Gasteiger charge is -2.01. The van der Waals surface area contributed by atoms with Gasteiger partial charge in [-0.25, -0.2) is 0 Å². The van der Waals surface area contributed by atoms with Crippen molar-refractivity contribution in [3.63, 3.8) is 0 Å². The van der Waals surface area contributed by atoms with Crippen LogP contribution in [0.5, 0.6) is 0 Å². The molecule has 1 heterocycles. The number of halogens is 1. The lowest BCUT2D eigenvalue weighted by atomic mass is 10.1. The summed E-state index contributed by atoms with van der Waals surface area (Å²) in [5, 5.41) is 4.80. The fraction of sp³-hybridized carbons (Fsp3) is 0.636. The molecule has 0 saturated carbocycles. The van der Waals surface area contributed by atoms with Crippen molar-refractivity contribution in [2.24, 2.45) is 7.05 Å². The van der Waals surface area contributed by atoms with Crippen molar-refractivity contribution in [3.8, 4) is 0 Å². The molecular weight excluding hydrogens is 212 g/mol. The fourth-order valence-electron chi connectivity index (χ4n) is 1.52. The standard InChI is InChI=1S/C11H17ClN2O/c1-4-5-6-9(15)7-10-11(12)8(2)13-14(10)3/h4-7H2,1-3H3. The third-order valence-electron chi connectivity index (χ3n) is 2.44. The van der Waals surface area contributed by atoms with Crippen LogP contribution >= 0.6 is 11.6 Å². The molecule has 0 saturated heterocycles. The predicted octanol–water partition coefficient (Wildman–Crippen LogP) is 2.68.